The monoisotopic (exact) mass is 270 g/mol. The molecule has 1 fully saturated rings. The van der Waals surface area contributed by atoms with E-state index < -0.39 is 0 Å². The summed E-state index contributed by atoms with van der Waals surface area (Å²) >= 11 is 0. The van der Waals surface area contributed by atoms with Gasteiger partial charge < -0.3 is 0 Å². The van der Waals surface area contributed by atoms with Gasteiger partial charge in [0.25, 0.3) is 0 Å². The SMILES string of the molecule is C=C(C)C1C=CC(C)C(CC2CCC3CCCC=C32)C1. The van der Waals surface area contributed by atoms with Crippen molar-refractivity contribution in [2.45, 2.75) is 58.8 Å². The lowest BCUT2D eigenvalue weighted by Gasteiger charge is -2.33. The summed E-state index contributed by atoms with van der Waals surface area (Å²) < 4.78 is 0. The maximum atomic E-state index is 4.17. The van der Waals surface area contributed by atoms with E-state index in [4.69, 9.17) is 0 Å². The standard InChI is InChI=1S/C20H30/c1-14(2)17-9-8-15(3)19(12-17)13-18-11-10-16-6-4-5-7-20(16)18/h7-9,15-19H,1,4-6,10-13H2,2-3H3. The maximum absolute atomic E-state index is 4.17. The van der Waals surface area contributed by atoms with Crippen molar-refractivity contribution < 1.29 is 0 Å². The summed E-state index contributed by atoms with van der Waals surface area (Å²) in [6.45, 7) is 8.78. The molecule has 0 aromatic rings. The lowest BCUT2D eigenvalue weighted by atomic mass is 9.72. The van der Waals surface area contributed by atoms with Crippen molar-refractivity contribution in [3.63, 3.8) is 0 Å². The molecule has 0 amide bonds. The largest absolute Gasteiger partial charge is 0.0995 e. The van der Waals surface area contributed by atoms with Gasteiger partial charge in [-0.15, -0.1) is 0 Å². The summed E-state index contributed by atoms with van der Waals surface area (Å²) in [5.74, 6) is 4.13. The summed E-state index contributed by atoms with van der Waals surface area (Å²) in [7, 11) is 0. The molecule has 110 valence electrons. The van der Waals surface area contributed by atoms with E-state index in [1.165, 1.54) is 50.5 Å². The van der Waals surface area contributed by atoms with Crippen LogP contribution in [-0.2, 0) is 0 Å². The second-order valence-electron chi connectivity index (χ2n) is 7.53. The van der Waals surface area contributed by atoms with Gasteiger partial charge in [-0.25, -0.2) is 0 Å². The number of hydrogen-bond donors (Lipinski definition) is 0. The third kappa shape index (κ3) is 2.80. The second kappa shape index (κ2) is 5.92. The van der Waals surface area contributed by atoms with E-state index in [0.29, 0.717) is 5.92 Å². The van der Waals surface area contributed by atoms with E-state index in [9.17, 15) is 0 Å². The quantitative estimate of drug-likeness (QED) is 0.559. The summed E-state index contributed by atoms with van der Waals surface area (Å²) in [5.41, 5.74) is 3.20. The fourth-order valence-electron chi connectivity index (χ4n) is 4.73. The average molecular weight is 270 g/mol. The minimum atomic E-state index is 0.633. The highest BCUT2D eigenvalue weighted by Gasteiger charge is 2.34. The van der Waals surface area contributed by atoms with Gasteiger partial charge >= 0.3 is 0 Å². The van der Waals surface area contributed by atoms with Gasteiger partial charge in [-0.05, 0) is 81.5 Å². The maximum Gasteiger partial charge on any atom is -0.00258 e. The molecule has 0 aliphatic heterocycles. The molecular weight excluding hydrogens is 240 g/mol. The van der Waals surface area contributed by atoms with Crippen LogP contribution in [0.3, 0.4) is 0 Å². The molecule has 3 aliphatic carbocycles. The molecule has 5 unspecified atom stereocenters. The molecule has 0 N–H and O–H groups in total. The summed E-state index contributed by atoms with van der Waals surface area (Å²) in [6.07, 6.45) is 17.4. The number of allylic oxidation sites excluding steroid dienone is 5. The van der Waals surface area contributed by atoms with Gasteiger partial charge in [0.05, 0.1) is 0 Å². The van der Waals surface area contributed by atoms with Crippen molar-refractivity contribution in [1.82, 2.24) is 0 Å². The van der Waals surface area contributed by atoms with Crippen molar-refractivity contribution in [1.29, 1.82) is 0 Å². The molecule has 3 rings (SSSR count). The van der Waals surface area contributed by atoms with E-state index in [-0.39, 0.29) is 0 Å². The van der Waals surface area contributed by atoms with E-state index in [0.717, 1.165) is 23.7 Å². The molecule has 0 heterocycles. The second-order valence-corrected chi connectivity index (χ2v) is 7.53. The minimum Gasteiger partial charge on any atom is -0.0995 e. The summed E-state index contributed by atoms with van der Waals surface area (Å²) in [6, 6.07) is 0. The van der Waals surface area contributed by atoms with Crippen molar-refractivity contribution >= 4 is 0 Å². The first kappa shape index (κ1) is 14.2. The van der Waals surface area contributed by atoms with E-state index in [2.05, 4.69) is 38.7 Å². The van der Waals surface area contributed by atoms with E-state index in [1.54, 1.807) is 0 Å². The normalized spacial score (nSPS) is 40.3. The molecular formula is C20H30. The van der Waals surface area contributed by atoms with Gasteiger partial charge in [0.15, 0.2) is 0 Å². The Kier molecular flexibility index (Phi) is 4.19. The predicted molar refractivity (Wildman–Crippen MR) is 87.5 cm³/mol. The Labute approximate surface area is 125 Å². The van der Waals surface area contributed by atoms with Crippen molar-refractivity contribution in [3.05, 3.63) is 36.0 Å². The molecule has 0 heteroatoms. The zero-order valence-corrected chi connectivity index (χ0v) is 13.3. The van der Waals surface area contributed by atoms with E-state index >= 15 is 0 Å². The fraction of sp³-hybridized carbons (Fsp3) is 0.700. The molecule has 0 nitrogen and oxygen atoms in total. The first-order valence-electron chi connectivity index (χ1n) is 8.68. The van der Waals surface area contributed by atoms with Crippen LogP contribution in [0.25, 0.3) is 0 Å². The third-order valence-electron chi connectivity index (χ3n) is 6.11. The van der Waals surface area contributed by atoms with Crippen LogP contribution < -0.4 is 0 Å². The lowest BCUT2D eigenvalue weighted by Crippen LogP contribution is -2.22. The van der Waals surface area contributed by atoms with Crippen LogP contribution in [0.1, 0.15) is 58.8 Å². The Morgan fingerprint density at radius 2 is 2.10 bits per heavy atom. The van der Waals surface area contributed by atoms with Gasteiger partial charge in [-0.1, -0.05) is 42.9 Å². The highest BCUT2D eigenvalue weighted by molar-refractivity contribution is 5.19. The Hall–Kier alpha value is -0.780. The summed E-state index contributed by atoms with van der Waals surface area (Å²) in [5, 5.41) is 0. The molecule has 0 saturated heterocycles. The molecule has 5 atom stereocenters. The Bertz CT molecular complexity index is 425. The minimum absolute atomic E-state index is 0.633. The van der Waals surface area contributed by atoms with Gasteiger partial charge in [-0.3, -0.25) is 0 Å². The average Bonchev–Trinajstić information content (AvgIpc) is 2.84. The lowest BCUT2D eigenvalue weighted by molar-refractivity contribution is 0.287. The Morgan fingerprint density at radius 1 is 1.25 bits per heavy atom. The number of hydrogen-bond acceptors (Lipinski definition) is 0. The molecule has 0 aromatic heterocycles. The zero-order chi connectivity index (χ0) is 14.1. The van der Waals surface area contributed by atoms with Crippen molar-refractivity contribution in [3.8, 4) is 0 Å². The first-order valence-corrected chi connectivity index (χ1v) is 8.68. The molecule has 1 saturated carbocycles. The Morgan fingerprint density at radius 3 is 2.90 bits per heavy atom. The van der Waals surface area contributed by atoms with Gasteiger partial charge in [0, 0.05) is 0 Å². The molecule has 0 radical (unpaired) electrons. The molecule has 3 aliphatic rings. The smallest absolute Gasteiger partial charge is 0.00258 e. The Balaban J connectivity index is 1.67. The van der Waals surface area contributed by atoms with Crippen LogP contribution in [0.15, 0.2) is 36.0 Å². The highest BCUT2D eigenvalue weighted by Crippen LogP contribution is 2.47. The van der Waals surface area contributed by atoms with Crippen LogP contribution in [0.2, 0.25) is 0 Å². The van der Waals surface area contributed by atoms with Gasteiger partial charge in [0.1, 0.15) is 0 Å². The fourth-order valence-corrected chi connectivity index (χ4v) is 4.73. The topological polar surface area (TPSA) is 0 Å². The molecule has 0 aromatic carbocycles. The van der Waals surface area contributed by atoms with E-state index in [1.807, 2.05) is 5.57 Å². The van der Waals surface area contributed by atoms with Crippen molar-refractivity contribution in [2.75, 3.05) is 0 Å². The van der Waals surface area contributed by atoms with Crippen LogP contribution in [0.5, 0.6) is 0 Å². The van der Waals surface area contributed by atoms with Crippen LogP contribution in [-0.4, -0.2) is 0 Å². The predicted octanol–water partition coefficient (Wildman–Crippen LogP) is 5.92. The number of fused-ring (bicyclic) bond motifs is 1. The van der Waals surface area contributed by atoms with Crippen molar-refractivity contribution in [2.24, 2.45) is 29.6 Å². The first-order chi connectivity index (χ1) is 9.65. The summed E-state index contributed by atoms with van der Waals surface area (Å²) in [4.78, 5) is 0. The van der Waals surface area contributed by atoms with Crippen LogP contribution >= 0.6 is 0 Å². The van der Waals surface area contributed by atoms with Gasteiger partial charge in [0.2, 0.25) is 0 Å². The molecule has 20 heavy (non-hydrogen) atoms. The number of rotatable bonds is 3. The molecule has 0 spiro atoms. The molecule has 0 bridgehead atoms. The van der Waals surface area contributed by atoms with Crippen LogP contribution in [0.4, 0.5) is 0 Å². The van der Waals surface area contributed by atoms with Gasteiger partial charge in [-0.2, -0.15) is 0 Å². The van der Waals surface area contributed by atoms with Crippen LogP contribution in [0, 0.1) is 29.6 Å². The highest BCUT2D eigenvalue weighted by atomic mass is 14.4. The third-order valence-corrected chi connectivity index (χ3v) is 6.11. The zero-order valence-electron chi connectivity index (χ0n) is 13.3.